The zero-order valence-corrected chi connectivity index (χ0v) is 16.2. The molecule has 2 aliphatic rings. The van der Waals surface area contributed by atoms with Crippen LogP contribution in [0.3, 0.4) is 0 Å². The number of hydrogen-bond acceptors (Lipinski definition) is 5. The molecule has 6 nitrogen and oxygen atoms in total. The molecule has 6 heteroatoms. The molecule has 1 aliphatic carbocycles. The summed E-state index contributed by atoms with van der Waals surface area (Å²) in [5.41, 5.74) is 2.71. The molecule has 2 fully saturated rings. The van der Waals surface area contributed by atoms with Crippen LogP contribution < -0.4 is 5.32 Å². The Morgan fingerprint density at radius 2 is 1.90 bits per heavy atom. The Morgan fingerprint density at radius 3 is 2.66 bits per heavy atom. The lowest BCUT2D eigenvalue weighted by molar-refractivity contribution is -0.133. The lowest BCUT2D eigenvalue weighted by Crippen LogP contribution is -2.32. The Hall–Kier alpha value is -3.28. The first-order valence-electron chi connectivity index (χ1n) is 10.2. The van der Waals surface area contributed by atoms with Crippen molar-refractivity contribution in [2.24, 2.45) is 5.92 Å². The molecule has 3 heterocycles. The molecule has 1 aromatic carbocycles. The van der Waals surface area contributed by atoms with Crippen LogP contribution in [0.15, 0.2) is 60.9 Å². The van der Waals surface area contributed by atoms with E-state index in [0.717, 1.165) is 55.0 Å². The number of rotatable bonds is 5. The predicted octanol–water partition coefficient (Wildman–Crippen LogP) is 4.36. The van der Waals surface area contributed by atoms with Gasteiger partial charge in [-0.3, -0.25) is 9.78 Å². The second kappa shape index (κ2) is 7.62. The number of amides is 1. The summed E-state index contributed by atoms with van der Waals surface area (Å²) in [5.74, 6) is 1.90. The molecule has 146 valence electrons. The molecule has 0 bridgehead atoms. The molecule has 1 atom stereocenters. The molecule has 2 aromatic heterocycles. The third-order valence-electron chi connectivity index (χ3n) is 5.51. The smallest absolute Gasteiger partial charge is 0.226 e. The van der Waals surface area contributed by atoms with Gasteiger partial charge in [0.2, 0.25) is 5.91 Å². The van der Waals surface area contributed by atoms with Crippen LogP contribution in [0, 0.1) is 5.92 Å². The maximum absolute atomic E-state index is 12.8. The van der Waals surface area contributed by atoms with Crippen LogP contribution in [0.25, 0.3) is 11.3 Å². The maximum atomic E-state index is 12.8. The number of nitrogens with zero attached hydrogens (tertiary/aromatic N) is 4. The Balaban J connectivity index is 1.53. The molecule has 1 N–H and O–H groups in total. The van der Waals surface area contributed by atoms with E-state index < -0.39 is 0 Å². The molecular weight excluding hydrogens is 362 g/mol. The minimum atomic E-state index is -0.0592. The number of nitrogens with one attached hydrogen (secondary N) is 1. The molecular formula is C23H23N5O. The van der Waals surface area contributed by atoms with Gasteiger partial charge in [0.25, 0.3) is 0 Å². The first kappa shape index (κ1) is 17.8. The fraction of sp³-hybridized carbons (Fsp3) is 0.304. The molecule has 1 unspecified atom stereocenters. The summed E-state index contributed by atoms with van der Waals surface area (Å²) in [4.78, 5) is 28.7. The third-order valence-corrected chi connectivity index (χ3v) is 5.51. The van der Waals surface area contributed by atoms with Gasteiger partial charge in [-0.15, -0.1) is 0 Å². The van der Waals surface area contributed by atoms with Crippen LogP contribution in [0.2, 0.25) is 0 Å². The van der Waals surface area contributed by atoms with Crippen LogP contribution in [-0.2, 0) is 4.79 Å². The summed E-state index contributed by atoms with van der Waals surface area (Å²) in [6.45, 7) is 0.794. The van der Waals surface area contributed by atoms with Crippen molar-refractivity contribution < 1.29 is 4.79 Å². The summed E-state index contributed by atoms with van der Waals surface area (Å²) < 4.78 is 0. The lowest BCUT2D eigenvalue weighted by Gasteiger charge is -2.24. The van der Waals surface area contributed by atoms with E-state index in [9.17, 15) is 4.79 Å². The maximum Gasteiger partial charge on any atom is 0.226 e. The standard InChI is InChI=1S/C23H23N5O/c29-23(16-10-11-16)28-13-5-9-20(28)22-26-19(17-6-4-12-24-15-17)14-21(27-22)25-18-7-2-1-3-8-18/h1-4,6-8,12,14-16,20H,5,9-11,13H2,(H,25,26,27). The minimum absolute atomic E-state index is 0.0592. The zero-order valence-electron chi connectivity index (χ0n) is 16.2. The highest BCUT2D eigenvalue weighted by Gasteiger charge is 2.40. The molecule has 0 spiro atoms. The first-order valence-corrected chi connectivity index (χ1v) is 10.2. The van der Waals surface area contributed by atoms with E-state index in [2.05, 4.69) is 10.3 Å². The molecule has 5 rings (SSSR count). The van der Waals surface area contributed by atoms with Crippen molar-refractivity contribution in [3.63, 3.8) is 0 Å². The number of para-hydroxylation sites is 1. The van der Waals surface area contributed by atoms with Gasteiger partial charge < -0.3 is 10.2 Å². The Bertz CT molecular complexity index is 1000. The molecule has 1 aliphatic heterocycles. The molecule has 1 saturated carbocycles. The number of hydrogen-bond donors (Lipinski definition) is 1. The third kappa shape index (κ3) is 3.83. The summed E-state index contributed by atoms with van der Waals surface area (Å²) in [6.07, 6.45) is 7.48. The monoisotopic (exact) mass is 385 g/mol. The van der Waals surface area contributed by atoms with Crippen molar-refractivity contribution in [3.05, 3.63) is 66.7 Å². The zero-order chi connectivity index (χ0) is 19.6. The Morgan fingerprint density at radius 1 is 1.03 bits per heavy atom. The van der Waals surface area contributed by atoms with E-state index in [0.29, 0.717) is 5.82 Å². The Kier molecular flexibility index (Phi) is 4.68. The highest BCUT2D eigenvalue weighted by atomic mass is 16.2. The van der Waals surface area contributed by atoms with Crippen molar-refractivity contribution in [2.75, 3.05) is 11.9 Å². The number of carbonyl (C=O) groups excluding carboxylic acids is 1. The number of benzene rings is 1. The number of aromatic nitrogens is 3. The normalized spacial score (nSPS) is 18.6. The molecule has 29 heavy (non-hydrogen) atoms. The van der Waals surface area contributed by atoms with Gasteiger partial charge in [-0.2, -0.15) is 0 Å². The van der Waals surface area contributed by atoms with E-state index >= 15 is 0 Å². The van der Waals surface area contributed by atoms with Crippen molar-refractivity contribution in [1.29, 1.82) is 0 Å². The van der Waals surface area contributed by atoms with Gasteiger partial charge in [-0.25, -0.2) is 9.97 Å². The summed E-state index contributed by atoms with van der Waals surface area (Å²) in [7, 11) is 0. The Labute approximate surface area is 170 Å². The minimum Gasteiger partial charge on any atom is -0.340 e. The van der Waals surface area contributed by atoms with Crippen LogP contribution in [0.5, 0.6) is 0 Å². The van der Waals surface area contributed by atoms with Gasteiger partial charge in [0.05, 0.1) is 11.7 Å². The fourth-order valence-electron chi connectivity index (χ4n) is 3.87. The number of likely N-dealkylation sites (tertiary alicyclic amines) is 1. The van der Waals surface area contributed by atoms with E-state index in [1.165, 1.54) is 0 Å². The highest BCUT2D eigenvalue weighted by molar-refractivity contribution is 5.81. The summed E-state index contributed by atoms with van der Waals surface area (Å²) >= 11 is 0. The SMILES string of the molecule is O=C(C1CC1)N1CCCC1c1nc(Nc2ccccc2)cc(-c2cccnc2)n1. The number of carbonyl (C=O) groups is 1. The number of pyridine rings is 1. The molecule has 1 amide bonds. The van der Waals surface area contributed by atoms with Crippen LogP contribution >= 0.6 is 0 Å². The van der Waals surface area contributed by atoms with E-state index in [1.807, 2.05) is 53.4 Å². The first-order chi connectivity index (χ1) is 14.3. The van der Waals surface area contributed by atoms with Crippen molar-refractivity contribution in [3.8, 4) is 11.3 Å². The van der Waals surface area contributed by atoms with Gasteiger partial charge in [0, 0.05) is 42.2 Å². The van der Waals surface area contributed by atoms with E-state index in [4.69, 9.17) is 9.97 Å². The quantitative estimate of drug-likeness (QED) is 0.707. The van der Waals surface area contributed by atoms with Gasteiger partial charge in [0.1, 0.15) is 5.82 Å². The van der Waals surface area contributed by atoms with Crippen LogP contribution in [0.4, 0.5) is 11.5 Å². The van der Waals surface area contributed by atoms with E-state index in [-0.39, 0.29) is 17.9 Å². The van der Waals surface area contributed by atoms with Crippen molar-refractivity contribution in [1.82, 2.24) is 19.9 Å². The van der Waals surface area contributed by atoms with Crippen molar-refractivity contribution >= 4 is 17.4 Å². The largest absolute Gasteiger partial charge is 0.340 e. The van der Waals surface area contributed by atoms with Gasteiger partial charge in [-0.05, 0) is 49.9 Å². The molecule has 0 radical (unpaired) electrons. The average Bonchev–Trinajstić information content (AvgIpc) is 3.50. The van der Waals surface area contributed by atoms with E-state index in [1.54, 1.807) is 12.4 Å². The summed E-state index contributed by atoms with van der Waals surface area (Å²) in [6, 6.07) is 15.7. The molecule has 1 saturated heterocycles. The topological polar surface area (TPSA) is 71.0 Å². The fourth-order valence-corrected chi connectivity index (χ4v) is 3.87. The average molecular weight is 385 g/mol. The van der Waals surface area contributed by atoms with Gasteiger partial charge in [0.15, 0.2) is 5.82 Å². The van der Waals surface area contributed by atoms with Gasteiger partial charge in [-0.1, -0.05) is 18.2 Å². The highest BCUT2D eigenvalue weighted by Crippen LogP contribution is 2.38. The lowest BCUT2D eigenvalue weighted by atomic mass is 10.1. The molecule has 3 aromatic rings. The van der Waals surface area contributed by atoms with Crippen molar-refractivity contribution in [2.45, 2.75) is 31.7 Å². The summed E-state index contributed by atoms with van der Waals surface area (Å²) in [5, 5.41) is 3.38. The second-order valence-corrected chi connectivity index (χ2v) is 7.69. The van der Waals surface area contributed by atoms with Crippen LogP contribution in [-0.4, -0.2) is 32.3 Å². The van der Waals surface area contributed by atoms with Gasteiger partial charge >= 0.3 is 0 Å². The second-order valence-electron chi connectivity index (χ2n) is 7.69. The van der Waals surface area contributed by atoms with Crippen LogP contribution in [0.1, 0.15) is 37.5 Å². The number of anilines is 2. The predicted molar refractivity (Wildman–Crippen MR) is 111 cm³/mol.